The molecule has 2 aliphatic rings. The molecule has 1 aromatic rings. The van der Waals surface area contributed by atoms with Gasteiger partial charge < -0.3 is 9.47 Å². The number of ketones is 1. The van der Waals surface area contributed by atoms with Gasteiger partial charge in [-0.2, -0.15) is 0 Å². The number of hydrogen-bond acceptors (Lipinski definition) is 6. The van der Waals surface area contributed by atoms with Gasteiger partial charge in [0.05, 0.1) is 18.9 Å². The minimum Gasteiger partial charge on any atom is -0.497 e. The van der Waals surface area contributed by atoms with Crippen molar-refractivity contribution >= 4 is 23.6 Å². The van der Waals surface area contributed by atoms with Crippen LogP contribution in [0.25, 0.3) is 0 Å². The summed E-state index contributed by atoms with van der Waals surface area (Å²) in [6.45, 7) is 2.92. The molecule has 0 radical (unpaired) electrons. The summed E-state index contributed by atoms with van der Waals surface area (Å²) in [6.07, 6.45) is 3.72. The molecule has 1 aliphatic carbocycles. The molecule has 4 atom stereocenters. The van der Waals surface area contributed by atoms with Gasteiger partial charge in [0.2, 0.25) is 17.6 Å². The van der Waals surface area contributed by atoms with Crippen LogP contribution in [0.2, 0.25) is 0 Å². The van der Waals surface area contributed by atoms with E-state index in [1.807, 2.05) is 12.2 Å². The van der Waals surface area contributed by atoms with E-state index in [-0.39, 0.29) is 17.6 Å². The van der Waals surface area contributed by atoms with Gasteiger partial charge >= 0.3 is 5.97 Å². The topological polar surface area (TPSA) is 90.0 Å². The first kappa shape index (κ1) is 19.8. The lowest BCUT2D eigenvalue weighted by Crippen LogP contribution is -2.45. The lowest BCUT2D eigenvalue weighted by Gasteiger charge is -2.23. The molecule has 1 heterocycles. The number of likely N-dealkylation sites (tertiary alicyclic amines) is 1. The van der Waals surface area contributed by atoms with E-state index in [1.54, 1.807) is 24.3 Å². The van der Waals surface area contributed by atoms with Gasteiger partial charge in [-0.25, -0.2) is 4.79 Å². The van der Waals surface area contributed by atoms with E-state index in [0.29, 0.717) is 24.2 Å². The molecular weight excluding hydrogens is 362 g/mol. The molecule has 28 heavy (non-hydrogen) atoms. The largest absolute Gasteiger partial charge is 0.497 e. The number of carbonyl (C=O) groups excluding carboxylic acids is 4. The summed E-state index contributed by atoms with van der Waals surface area (Å²) in [7, 11) is 1.52. The van der Waals surface area contributed by atoms with Gasteiger partial charge in [-0.3, -0.25) is 19.3 Å². The smallest absolute Gasteiger partial charge is 0.329 e. The molecule has 0 unspecified atom stereocenters. The number of carbonyl (C=O) groups is 4. The highest BCUT2D eigenvalue weighted by atomic mass is 16.5. The number of nitrogens with zero attached hydrogens (tertiary/aromatic N) is 1. The molecule has 1 saturated heterocycles. The fourth-order valence-corrected chi connectivity index (χ4v) is 3.63. The highest BCUT2D eigenvalue weighted by Crippen LogP contribution is 2.36. The third kappa shape index (κ3) is 3.56. The van der Waals surface area contributed by atoms with Crippen LogP contribution in [0.4, 0.5) is 0 Å². The SMILES string of the molecule is COc1ccc(C(=O)[C@H](C)OC(=O)[C@H](C)N2C(=O)[C@H]3CC=CC[C@H]3C2=O)cc1. The maximum absolute atomic E-state index is 12.6. The number of methoxy groups -OCH3 is 1. The fourth-order valence-electron chi connectivity index (χ4n) is 3.63. The van der Waals surface area contributed by atoms with Gasteiger partial charge in [0.15, 0.2) is 6.10 Å². The average molecular weight is 385 g/mol. The second-order valence-electron chi connectivity index (χ2n) is 7.05. The first-order valence-electron chi connectivity index (χ1n) is 9.25. The van der Waals surface area contributed by atoms with Crippen molar-refractivity contribution in [2.24, 2.45) is 11.8 Å². The first-order valence-corrected chi connectivity index (χ1v) is 9.25. The van der Waals surface area contributed by atoms with E-state index in [9.17, 15) is 19.2 Å². The average Bonchev–Trinajstić information content (AvgIpc) is 2.97. The number of hydrogen-bond donors (Lipinski definition) is 0. The standard InChI is InChI=1S/C21H23NO6/c1-12(22-19(24)16-6-4-5-7-17(16)20(22)25)21(26)28-13(2)18(23)14-8-10-15(27-3)11-9-14/h4-5,8-13,16-17H,6-7H2,1-3H3/t12-,13-,16-,17+/m0/s1. The summed E-state index contributed by atoms with van der Waals surface area (Å²) in [6, 6.07) is 5.38. The van der Waals surface area contributed by atoms with Gasteiger partial charge in [-0.1, -0.05) is 12.2 Å². The number of esters is 1. The van der Waals surface area contributed by atoms with Crippen LogP contribution in [0.5, 0.6) is 5.75 Å². The number of allylic oxidation sites excluding steroid dienone is 2. The van der Waals surface area contributed by atoms with Crippen LogP contribution in [0, 0.1) is 11.8 Å². The van der Waals surface area contributed by atoms with Crippen LogP contribution in [0.1, 0.15) is 37.0 Å². The van der Waals surface area contributed by atoms with Crippen LogP contribution < -0.4 is 4.74 Å². The van der Waals surface area contributed by atoms with E-state index in [4.69, 9.17) is 9.47 Å². The maximum atomic E-state index is 12.6. The highest BCUT2D eigenvalue weighted by molar-refractivity contribution is 6.08. The molecule has 0 bridgehead atoms. The van der Waals surface area contributed by atoms with Crippen LogP contribution in [0.3, 0.4) is 0 Å². The van der Waals surface area contributed by atoms with Crippen LogP contribution >= 0.6 is 0 Å². The molecule has 0 saturated carbocycles. The number of Topliss-reactive ketones (excluding diaryl/α,β-unsaturated/α-hetero) is 1. The Labute approximate surface area is 163 Å². The number of benzene rings is 1. The maximum Gasteiger partial charge on any atom is 0.329 e. The van der Waals surface area contributed by atoms with E-state index in [0.717, 1.165) is 4.90 Å². The molecule has 0 N–H and O–H groups in total. The molecule has 3 rings (SSSR count). The van der Waals surface area contributed by atoms with Crippen molar-refractivity contribution in [2.45, 2.75) is 38.8 Å². The Morgan fingerprint density at radius 3 is 2.04 bits per heavy atom. The number of ether oxygens (including phenoxy) is 2. The molecule has 1 fully saturated rings. The van der Waals surface area contributed by atoms with Gasteiger partial charge in [0, 0.05) is 5.56 Å². The summed E-state index contributed by atoms with van der Waals surface area (Å²) < 4.78 is 10.3. The van der Waals surface area contributed by atoms with E-state index in [1.165, 1.54) is 21.0 Å². The molecular formula is C21H23NO6. The van der Waals surface area contributed by atoms with Gasteiger partial charge in [0.1, 0.15) is 11.8 Å². The van der Waals surface area contributed by atoms with Crippen LogP contribution in [-0.2, 0) is 19.1 Å². The van der Waals surface area contributed by atoms with E-state index in [2.05, 4.69) is 0 Å². The summed E-state index contributed by atoms with van der Waals surface area (Å²) in [5.74, 6) is -2.06. The van der Waals surface area contributed by atoms with Crippen molar-refractivity contribution in [1.29, 1.82) is 0 Å². The van der Waals surface area contributed by atoms with Crippen LogP contribution in [-0.4, -0.2) is 47.7 Å². The minimum atomic E-state index is -1.07. The normalized spacial score (nSPS) is 23.2. The zero-order chi connectivity index (χ0) is 20.4. The van der Waals surface area contributed by atoms with E-state index >= 15 is 0 Å². The zero-order valence-corrected chi connectivity index (χ0v) is 16.1. The summed E-state index contributed by atoms with van der Waals surface area (Å²) in [5.41, 5.74) is 0.374. The highest BCUT2D eigenvalue weighted by Gasteiger charge is 2.50. The Kier molecular flexibility index (Phi) is 5.63. The molecule has 7 nitrogen and oxygen atoms in total. The van der Waals surface area contributed by atoms with Gasteiger partial charge in [-0.05, 0) is 51.0 Å². The van der Waals surface area contributed by atoms with Crippen molar-refractivity contribution in [1.82, 2.24) is 4.90 Å². The third-order valence-electron chi connectivity index (χ3n) is 5.31. The number of imide groups is 1. The summed E-state index contributed by atoms with van der Waals surface area (Å²) >= 11 is 0. The zero-order valence-electron chi connectivity index (χ0n) is 16.1. The second-order valence-corrected chi connectivity index (χ2v) is 7.05. The molecule has 1 aromatic carbocycles. The molecule has 7 heteroatoms. The Bertz CT molecular complexity index is 802. The summed E-state index contributed by atoms with van der Waals surface area (Å²) in [5, 5.41) is 0. The predicted molar refractivity (Wildman–Crippen MR) is 99.5 cm³/mol. The van der Waals surface area contributed by atoms with Crippen molar-refractivity contribution in [3.05, 3.63) is 42.0 Å². The predicted octanol–water partition coefficient (Wildman–Crippen LogP) is 2.15. The monoisotopic (exact) mass is 385 g/mol. The minimum absolute atomic E-state index is 0.349. The first-order chi connectivity index (χ1) is 13.3. The third-order valence-corrected chi connectivity index (χ3v) is 5.31. The van der Waals surface area contributed by atoms with E-state index < -0.39 is 30.0 Å². The Morgan fingerprint density at radius 1 is 1.00 bits per heavy atom. The number of amides is 2. The molecule has 1 aliphatic heterocycles. The second kappa shape index (κ2) is 7.96. The fraction of sp³-hybridized carbons (Fsp3) is 0.429. The quantitative estimate of drug-likeness (QED) is 0.323. The lowest BCUT2D eigenvalue weighted by molar-refractivity contribution is -0.159. The van der Waals surface area contributed by atoms with Crippen molar-refractivity contribution in [2.75, 3.05) is 7.11 Å². The molecule has 0 spiro atoms. The molecule has 148 valence electrons. The number of fused-ring (bicyclic) bond motifs is 1. The van der Waals surface area contributed by atoms with Crippen LogP contribution in [0.15, 0.2) is 36.4 Å². The van der Waals surface area contributed by atoms with Gasteiger partial charge in [0.25, 0.3) is 0 Å². The lowest BCUT2D eigenvalue weighted by atomic mass is 9.85. The van der Waals surface area contributed by atoms with Gasteiger partial charge in [-0.15, -0.1) is 0 Å². The van der Waals surface area contributed by atoms with Crippen molar-refractivity contribution in [3.63, 3.8) is 0 Å². The molecule has 0 aromatic heterocycles. The van der Waals surface area contributed by atoms with Crippen molar-refractivity contribution in [3.8, 4) is 5.75 Å². The summed E-state index contributed by atoms with van der Waals surface area (Å²) in [4.78, 5) is 51.2. The Morgan fingerprint density at radius 2 is 1.54 bits per heavy atom. The Hall–Kier alpha value is -2.96. The number of rotatable bonds is 6. The van der Waals surface area contributed by atoms with Crippen molar-refractivity contribution < 1.29 is 28.7 Å². The Balaban J connectivity index is 1.65. The molecule has 2 amide bonds.